The van der Waals surface area contributed by atoms with E-state index >= 15 is 0 Å². The summed E-state index contributed by atoms with van der Waals surface area (Å²) in [5.41, 5.74) is 7.92. The maximum Gasteiger partial charge on any atom is 0.278 e. The van der Waals surface area contributed by atoms with Gasteiger partial charge in [0.1, 0.15) is 12.4 Å². The molecule has 23 heavy (non-hydrogen) atoms. The summed E-state index contributed by atoms with van der Waals surface area (Å²) in [7, 11) is 0. The van der Waals surface area contributed by atoms with Gasteiger partial charge in [-0.25, -0.2) is 4.98 Å². The predicted molar refractivity (Wildman–Crippen MR) is 86.7 cm³/mol. The quantitative estimate of drug-likeness (QED) is 0.480. The van der Waals surface area contributed by atoms with E-state index < -0.39 is 0 Å². The number of nitrogens with zero attached hydrogens (tertiary/aromatic N) is 2. The van der Waals surface area contributed by atoms with Gasteiger partial charge in [0.05, 0.1) is 6.61 Å². The van der Waals surface area contributed by atoms with Crippen LogP contribution in [-0.4, -0.2) is 26.5 Å². The average molecular weight is 309 g/mol. The molecule has 0 saturated carbocycles. The molecule has 0 amide bonds. The van der Waals surface area contributed by atoms with Gasteiger partial charge in [-0.1, -0.05) is 30.2 Å². The fourth-order valence-corrected chi connectivity index (χ4v) is 2.23. The standard InChI is InChI=1S/C16H15N5O2/c1-2-7-23-9-11-5-3-10(4-6-11)8-12-18-13-14(19-12)20-16(17)21-15(13)22/h1,3-6H,7-9H2,(H4,17,18,19,20,21,22). The van der Waals surface area contributed by atoms with E-state index in [2.05, 4.69) is 25.9 Å². The Balaban J connectivity index is 1.75. The molecule has 0 radical (unpaired) electrons. The predicted octanol–water partition coefficient (Wildman–Crippen LogP) is 0.969. The van der Waals surface area contributed by atoms with Gasteiger partial charge in [-0.2, -0.15) is 4.98 Å². The fraction of sp³-hybridized carbons (Fsp3) is 0.188. The Kier molecular flexibility index (Phi) is 4.08. The van der Waals surface area contributed by atoms with Crippen molar-refractivity contribution in [2.45, 2.75) is 13.0 Å². The van der Waals surface area contributed by atoms with Crippen LogP contribution in [0.3, 0.4) is 0 Å². The molecule has 0 aliphatic rings. The summed E-state index contributed by atoms with van der Waals surface area (Å²) in [6.07, 6.45) is 5.69. The number of benzene rings is 1. The Morgan fingerprint density at radius 2 is 1.91 bits per heavy atom. The second kappa shape index (κ2) is 6.34. The minimum Gasteiger partial charge on any atom is -0.369 e. The number of rotatable bonds is 5. The molecule has 0 saturated heterocycles. The lowest BCUT2D eigenvalue weighted by molar-refractivity contribution is 0.153. The van der Waals surface area contributed by atoms with Gasteiger partial charge in [0, 0.05) is 6.42 Å². The molecule has 4 N–H and O–H groups in total. The van der Waals surface area contributed by atoms with E-state index in [1.54, 1.807) is 0 Å². The van der Waals surface area contributed by atoms with Crippen LogP contribution in [0.1, 0.15) is 17.0 Å². The molecule has 0 bridgehead atoms. The molecular formula is C16H15N5O2. The van der Waals surface area contributed by atoms with Crippen molar-refractivity contribution in [3.8, 4) is 12.3 Å². The zero-order valence-corrected chi connectivity index (χ0v) is 12.3. The van der Waals surface area contributed by atoms with Gasteiger partial charge in [0.15, 0.2) is 11.2 Å². The molecular weight excluding hydrogens is 294 g/mol. The van der Waals surface area contributed by atoms with Gasteiger partial charge < -0.3 is 15.5 Å². The molecule has 2 aromatic heterocycles. The summed E-state index contributed by atoms with van der Waals surface area (Å²) in [6.45, 7) is 0.777. The van der Waals surface area contributed by atoms with Gasteiger partial charge in [-0.15, -0.1) is 6.42 Å². The molecule has 0 fully saturated rings. The minimum absolute atomic E-state index is 0.0527. The number of nitrogens with one attached hydrogen (secondary N) is 2. The van der Waals surface area contributed by atoms with E-state index in [1.807, 2.05) is 24.3 Å². The Morgan fingerprint density at radius 1 is 1.17 bits per heavy atom. The van der Waals surface area contributed by atoms with E-state index in [-0.39, 0.29) is 11.5 Å². The fourth-order valence-electron chi connectivity index (χ4n) is 2.23. The van der Waals surface area contributed by atoms with Gasteiger partial charge in [0.2, 0.25) is 5.95 Å². The van der Waals surface area contributed by atoms with E-state index in [0.717, 1.165) is 11.1 Å². The van der Waals surface area contributed by atoms with Crippen LogP contribution in [0.15, 0.2) is 29.1 Å². The van der Waals surface area contributed by atoms with Crippen LogP contribution in [-0.2, 0) is 17.8 Å². The number of aromatic nitrogens is 4. The molecule has 0 unspecified atom stereocenters. The average Bonchev–Trinajstić information content (AvgIpc) is 2.92. The molecule has 7 nitrogen and oxygen atoms in total. The van der Waals surface area contributed by atoms with Crippen LogP contribution in [0, 0.1) is 12.3 Å². The van der Waals surface area contributed by atoms with Crippen molar-refractivity contribution >= 4 is 17.1 Å². The number of aromatic amines is 2. The van der Waals surface area contributed by atoms with Crippen molar-refractivity contribution in [2.24, 2.45) is 0 Å². The number of hydrogen-bond acceptors (Lipinski definition) is 5. The van der Waals surface area contributed by atoms with Crippen molar-refractivity contribution < 1.29 is 4.74 Å². The molecule has 1 aromatic carbocycles. The zero-order valence-electron chi connectivity index (χ0n) is 12.3. The summed E-state index contributed by atoms with van der Waals surface area (Å²) in [5.74, 6) is 3.13. The normalized spacial score (nSPS) is 10.7. The number of terminal acetylenes is 1. The third kappa shape index (κ3) is 3.39. The molecule has 0 aliphatic heterocycles. The number of ether oxygens (including phenoxy) is 1. The third-order valence-corrected chi connectivity index (χ3v) is 3.28. The van der Waals surface area contributed by atoms with Gasteiger partial charge in [0.25, 0.3) is 5.56 Å². The first-order valence-electron chi connectivity index (χ1n) is 6.99. The summed E-state index contributed by atoms with van der Waals surface area (Å²) in [5, 5.41) is 0. The monoisotopic (exact) mass is 309 g/mol. The number of H-pyrrole nitrogens is 2. The smallest absolute Gasteiger partial charge is 0.278 e. The lowest BCUT2D eigenvalue weighted by Crippen LogP contribution is -2.10. The molecule has 7 heteroatoms. The first-order chi connectivity index (χ1) is 11.2. The van der Waals surface area contributed by atoms with Crippen LogP contribution >= 0.6 is 0 Å². The van der Waals surface area contributed by atoms with Crippen molar-refractivity contribution in [3.63, 3.8) is 0 Å². The van der Waals surface area contributed by atoms with Crippen molar-refractivity contribution in [1.82, 2.24) is 19.9 Å². The highest BCUT2D eigenvalue weighted by Gasteiger charge is 2.09. The Labute approximate surface area is 131 Å². The highest BCUT2D eigenvalue weighted by molar-refractivity contribution is 5.70. The maximum absolute atomic E-state index is 11.8. The second-order valence-electron chi connectivity index (χ2n) is 5.02. The minimum atomic E-state index is -0.327. The molecule has 3 aromatic rings. The molecule has 2 heterocycles. The maximum atomic E-state index is 11.8. The number of hydrogen-bond donors (Lipinski definition) is 3. The van der Waals surface area contributed by atoms with Crippen LogP contribution < -0.4 is 11.3 Å². The number of nitrogens with two attached hydrogens (primary N) is 1. The van der Waals surface area contributed by atoms with Crippen LogP contribution in [0.2, 0.25) is 0 Å². The second-order valence-corrected chi connectivity index (χ2v) is 5.02. The highest BCUT2D eigenvalue weighted by Crippen LogP contribution is 2.12. The zero-order chi connectivity index (χ0) is 16.2. The van der Waals surface area contributed by atoms with Gasteiger partial charge in [-0.3, -0.25) is 9.78 Å². The molecule has 0 spiro atoms. The van der Waals surface area contributed by atoms with Gasteiger partial charge in [-0.05, 0) is 11.1 Å². The van der Waals surface area contributed by atoms with Crippen molar-refractivity contribution in [3.05, 3.63) is 51.6 Å². The molecule has 3 rings (SSSR count). The molecule has 0 aliphatic carbocycles. The molecule has 116 valence electrons. The van der Waals surface area contributed by atoms with Crippen LogP contribution in [0.5, 0.6) is 0 Å². The first kappa shape index (κ1) is 14.8. The number of fused-ring (bicyclic) bond motifs is 1. The van der Waals surface area contributed by atoms with Crippen LogP contribution in [0.4, 0.5) is 5.95 Å². The van der Waals surface area contributed by atoms with E-state index in [0.29, 0.717) is 36.6 Å². The highest BCUT2D eigenvalue weighted by atomic mass is 16.5. The number of nitrogen functional groups attached to an aromatic ring is 1. The van der Waals surface area contributed by atoms with E-state index in [9.17, 15) is 4.79 Å². The van der Waals surface area contributed by atoms with Crippen LogP contribution in [0.25, 0.3) is 11.2 Å². The topological polar surface area (TPSA) is 110 Å². The SMILES string of the molecule is C#CCOCc1ccc(Cc2nc3nc(N)[nH]c(=O)c3[nH]2)cc1. The lowest BCUT2D eigenvalue weighted by Gasteiger charge is -2.03. The Hall–Kier alpha value is -3.11. The summed E-state index contributed by atoms with van der Waals surface area (Å²) >= 11 is 0. The van der Waals surface area contributed by atoms with Crippen molar-refractivity contribution in [1.29, 1.82) is 0 Å². The lowest BCUT2D eigenvalue weighted by atomic mass is 10.1. The van der Waals surface area contributed by atoms with E-state index in [1.165, 1.54) is 0 Å². The summed E-state index contributed by atoms with van der Waals surface area (Å²) in [6, 6.07) is 7.90. The Bertz CT molecular complexity index is 918. The third-order valence-electron chi connectivity index (χ3n) is 3.28. The van der Waals surface area contributed by atoms with E-state index in [4.69, 9.17) is 16.9 Å². The number of imidazole rings is 1. The Morgan fingerprint density at radius 3 is 2.65 bits per heavy atom. The summed E-state index contributed by atoms with van der Waals surface area (Å²) in [4.78, 5) is 25.5. The molecule has 0 atom stereocenters. The van der Waals surface area contributed by atoms with Crippen molar-refractivity contribution in [2.75, 3.05) is 12.3 Å². The number of anilines is 1. The summed E-state index contributed by atoms with van der Waals surface area (Å²) < 4.78 is 5.28. The first-order valence-corrected chi connectivity index (χ1v) is 6.99. The van der Waals surface area contributed by atoms with Gasteiger partial charge >= 0.3 is 0 Å². The largest absolute Gasteiger partial charge is 0.369 e.